The van der Waals surface area contributed by atoms with Gasteiger partial charge in [-0.3, -0.25) is 5.14 Å². The molecule has 194 valence electrons. The monoisotopic (exact) mass is 509 g/mol. The van der Waals surface area contributed by atoms with Crippen molar-refractivity contribution < 1.29 is 5.11 Å². The average molecular weight is 510 g/mol. The van der Waals surface area contributed by atoms with E-state index in [-0.39, 0.29) is 12.0 Å². The maximum Gasteiger partial charge on any atom is 0.229 e. The Kier molecular flexibility index (Phi) is 9.56. The lowest BCUT2D eigenvalue weighted by molar-refractivity contribution is 0.218. The number of aryl methyl sites for hydroxylation is 1. The molecule has 1 saturated heterocycles. The quantitative estimate of drug-likeness (QED) is 0.299. The van der Waals surface area contributed by atoms with Crippen LogP contribution in [0.2, 0.25) is 0 Å². The van der Waals surface area contributed by atoms with Crippen molar-refractivity contribution in [3.63, 3.8) is 0 Å². The molecule has 9 heteroatoms. The highest BCUT2D eigenvalue weighted by molar-refractivity contribution is 7.77. The molecule has 0 atom stereocenters. The lowest BCUT2D eigenvalue weighted by Crippen LogP contribution is -2.44. The summed E-state index contributed by atoms with van der Waals surface area (Å²) in [6, 6.07) is 16.6. The van der Waals surface area contributed by atoms with Gasteiger partial charge in [0.25, 0.3) is 0 Å². The second-order valence-electron chi connectivity index (χ2n) is 9.82. The number of nitrogens with one attached hydrogen (secondary N) is 2. The molecule has 3 aromatic rings. The fraction of sp³-hybridized carbons (Fsp3) is 0.407. The summed E-state index contributed by atoms with van der Waals surface area (Å²) in [6.07, 6.45) is 0. The van der Waals surface area contributed by atoms with Crippen LogP contribution in [0, 0.1) is 13.8 Å². The first-order valence-electron chi connectivity index (χ1n) is 12.2. The molecule has 0 saturated carbocycles. The number of rotatable bonds is 7. The highest BCUT2D eigenvalue weighted by Crippen LogP contribution is 2.28. The van der Waals surface area contributed by atoms with Crippen LogP contribution in [0.15, 0.2) is 48.5 Å². The summed E-state index contributed by atoms with van der Waals surface area (Å²) >= 11 is 3.03. The number of aliphatic hydroxyl groups excluding tert-OH is 1. The first-order chi connectivity index (χ1) is 17.2. The van der Waals surface area contributed by atoms with Crippen LogP contribution >= 0.6 is 12.8 Å². The Labute approximate surface area is 220 Å². The second-order valence-corrected chi connectivity index (χ2v) is 9.82. The van der Waals surface area contributed by atoms with E-state index in [0.717, 1.165) is 60.2 Å². The number of aliphatic hydroxyl groups is 1. The molecule has 0 radical (unpaired) electrons. The summed E-state index contributed by atoms with van der Waals surface area (Å²) in [5.74, 6) is 1.33. The third-order valence-corrected chi connectivity index (χ3v) is 6.68. The zero-order valence-electron chi connectivity index (χ0n) is 21.9. The lowest BCUT2D eigenvalue weighted by Gasteiger charge is -2.34. The van der Waals surface area contributed by atoms with E-state index >= 15 is 0 Å². The Morgan fingerprint density at radius 2 is 1.61 bits per heavy atom. The van der Waals surface area contributed by atoms with Gasteiger partial charge < -0.3 is 25.5 Å². The topological polar surface area (TPSA) is 103 Å². The van der Waals surface area contributed by atoms with Gasteiger partial charge in [-0.15, -0.1) is 12.8 Å². The number of nitrogens with zero attached hydrogens (tertiary/aromatic N) is 4. The van der Waals surface area contributed by atoms with Crippen LogP contribution < -0.4 is 20.7 Å². The molecule has 5 N–H and O–H groups in total. The average Bonchev–Trinajstić information content (AvgIpc) is 2.89. The van der Waals surface area contributed by atoms with E-state index in [9.17, 15) is 5.11 Å². The van der Waals surface area contributed by atoms with Crippen LogP contribution in [0.3, 0.4) is 0 Å². The molecular formula is C27H39N7OS. The number of likely N-dealkylation sites (N-methyl/N-ethyl adjacent to an activating group) is 1. The second kappa shape index (κ2) is 12.4. The van der Waals surface area contributed by atoms with Crippen molar-refractivity contribution in [3.05, 3.63) is 65.4 Å². The molecule has 1 fully saturated rings. The molecule has 0 bridgehead atoms. The van der Waals surface area contributed by atoms with Crippen molar-refractivity contribution in [1.29, 1.82) is 0 Å². The van der Waals surface area contributed by atoms with Crippen molar-refractivity contribution in [2.75, 3.05) is 55.4 Å². The Hall–Kier alpha value is -2.85. The van der Waals surface area contributed by atoms with Crippen molar-refractivity contribution in [2.45, 2.75) is 33.1 Å². The predicted molar refractivity (Wildman–Crippen MR) is 154 cm³/mol. The van der Waals surface area contributed by atoms with Gasteiger partial charge in [-0.1, -0.05) is 26.0 Å². The van der Waals surface area contributed by atoms with E-state index in [1.54, 1.807) is 0 Å². The van der Waals surface area contributed by atoms with Crippen LogP contribution in [0.1, 0.15) is 30.7 Å². The zero-order chi connectivity index (χ0) is 26.3. The van der Waals surface area contributed by atoms with Crippen molar-refractivity contribution in [2.24, 2.45) is 5.14 Å². The lowest BCUT2D eigenvalue weighted by atomic mass is 9.85. The van der Waals surface area contributed by atoms with Crippen molar-refractivity contribution in [3.8, 4) is 0 Å². The van der Waals surface area contributed by atoms with Crippen molar-refractivity contribution >= 4 is 41.6 Å². The Balaban J connectivity index is 0.00000176. The largest absolute Gasteiger partial charge is 0.395 e. The maximum absolute atomic E-state index is 9.73. The Morgan fingerprint density at radius 1 is 0.944 bits per heavy atom. The maximum atomic E-state index is 9.73. The van der Waals surface area contributed by atoms with Crippen LogP contribution in [0.5, 0.6) is 0 Å². The number of thiol groups is 1. The highest BCUT2D eigenvalue weighted by Gasteiger charge is 2.20. The Bertz CT molecular complexity index is 1130. The molecule has 0 spiro atoms. The molecule has 1 aromatic heterocycles. The standard InChI is InChI=1S/C27H36N6O.H3NS/c1-19-20(2)28-26(30-22-9-11-24(12-10-22)33-15-13-32(5)14-16-33)31-25(19)29-23-8-6-7-21(17-23)27(3,4)18-34;1-2/h6-12,17,34H,13-16,18H2,1-5H3,(H2,28,29,30,31);2H,1H2. The minimum atomic E-state index is -0.308. The minimum absolute atomic E-state index is 0.0871. The highest BCUT2D eigenvalue weighted by atomic mass is 32.1. The summed E-state index contributed by atoms with van der Waals surface area (Å²) in [4.78, 5) is 14.2. The molecule has 8 nitrogen and oxygen atoms in total. The van der Waals surface area contributed by atoms with Gasteiger partial charge in [-0.2, -0.15) is 4.98 Å². The number of piperazine rings is 1. The van der Waals surface area contributed by atoms with Gasteiger partial charge in [0.1, 0.15) is 5.82 Å². The molecule has 2 heterocycles. The minimum Gasteiger partial charge on any atom is -0.395 e. The van der Waals surface area contributed by atoms with Crippen LogP contribution in [-0.2, 0) is 5.41 Å². The summed E-state index contributed by atoms with van der Waals surface area (Å²) in [5, 5.41) is 20.7. The van der Waals surface area contributed by atoms with E-state index in [1.807, 2.05) is 45.9 Å². The van der Waals surface area contributed by atoms with Gasteiger partial charge in [0.05, 0.1) is 6.61 Å². The smallest absolute Gasteiger partial charge is 0.229 e. The molecular weight excluding hydrogens is 470 g/mol. The van der Waals surface area contributed by atoms with E-state index in [1.165, 1.54) is 5.69 Å². The van der Waals surface area contributed by atoms with Gasteiger partial charge in [0.2, 0.25) is 5.95 Å². The first kappa shape index (κ1) is 27.7. The molecule has 1 aliphatic rings. The summed E-state index contributed by atoms with van der Waals surface area (Å²) < 4.78 is 0. The molecule has 2 aromatic carbocycles. The first-order valence-corrected chi connectivity index (χ1v) is 12.7. The van der Waals surface area contributed by atoms with Gasteiger partial charge >= 0.3 is 0 Å². The predicted octanol–water partition coefficient (Wildman–Crippen LogP) is 4.39. The van der Waals surface area contributed by atoms with Crippen LogP contribution in [0.25, 0.3) is 0 Å². The van der Waals surface area contributed by atoms with E-state index < -0.39 is 0 Å². The summed E-state index contributed by atoms with van der Waals surface area (Å²) in [6.45, 7) is 12.4. The van der Waals surface area contributed by atoms with Gasteiger partial charge in [0, 0.05) is 59.9 Å². The number of aromatic nitrogens is 2. The third-order valence-electron chi connectivity index (χ3n) is 6.68. The van der Waals surface area contributed by atoms with Gasteiger partial charge in [-0.25, -0.2) is 4.98 Å². The number of benzene rings is 2. The third kappa shape index (κ3) is 6.88. The molecule has 1 aliphatic heterocycles. The zero-order valence-corrected chi connectivity index (χ0v) is 22.8. The number of anilines is 5. The van der Waals surface area contributed by atoms with E-state index in [2.05, 4.69) is 80.8 Å². The molecule has 0 unspecified atom stereocenters. The summed E-state index contributed by atoms with van der Waals surface area (Å²) in [7, 11) is 2.17. The van der Waals surface area contributed by atoms with Gasteiger partial charge in [-0.05, 0) is 62.9 Å². The molecule has 4 rings (SSSR count). The number of hydrogen-bond donors (Lipinski definition) is 5. The summed E-state index contributed by atoms with van der Waals surface area (Å²) in [5.41, 5.74) is 5.82. The number of hydrogen-bond acceptors (Lipinski definition) is 9. The SMILES string of the molecule is Cc1nc(Nc2ccc(N3CCN(C)CC3)cc2)nc(Nc2cccc(C(C)(C)CO)c2)c1C.NS. The number of nitrogens with two attached hydrogens (primary N) is 1. The van der Waals surface area contributed by atoms with Crippen molar-refractivity contribution in [1.82, 2.24) is 14.9 Å². The van der Waals surface area contributed by atoms with E-state index in [4.69, 9.17) is 4.98 Å². The molecule has 0 amide bonds. The molecule has 0 aliphatic carbocycles. The van der Waals surface area contributed by atoms with Crippen LogP contribution in [0.4, 0.5) is 28.8 Å². The van der Waals surface area contributed by atoms with Gasteiger partial charge in [0.15, 0.2) is 0 Å². The van der Waals surface area contributed by atoms with E-state index in [0.29, 0.717) is 5.95 Å². The normalized spacial score (nSPS) is 14.2. The van der Waals surface area contributed by atoms with Crippen LogP contribution in [-0.4, -0.2) is 59.8 Å². The fourth-order valence-corrected chi connectivity index (χ4v) is 4.00. The fourth-order valence-electron chi connectivity index (χ4n) is 4.00. The molecule has 36 heavy (non-hydrogen) atoms. The Morgan fingerprint density at radius 3 is 2.25 bits per heavy atom.